The SMILES string of the molecule is CCC(COc1cccc(Cl)c1)Nc1nc(C)nc([C-](C)C)n1.[Y+3]. The van der Waals surface area contributed by atoms with E-state index in [1.165, 1.54) is 0 Å². The van der Waals surface area contributed by atoms with E-state index in [4.69, 9.17) is 16.3 Å². The fourth-order valence-electron chi connectivity index (χ4n) is 1.97. The first-order valence-electron chi connectivity index (χ1n) is 7.66. The van der Waals surface area contributed by atoms with Crippen LogP contribution in [0.2, 0.25) is 5.02 Å². The van der Waals surface area contributed by atoms with Gasteiger partial charge in [0, 0.05) is 10.8 Å². The number of aromatic nitrogens is 3. The Balaban J connectivity index is 0.00000288. The molecule has 0 amide bonds. The van der Waals surface area contributed by atoms with Gasteiger partial charge >= 0.3 is 32.7 Å². The standard InChI is InChI=1S/C17H22ClN4O.Y/c1-5-14(10-23-15-8-6-7-13(18)9-15)21-17-20-12(4)19-16(22-17)11(2)3;/h6-9,14H,5,10H2,1-4H3,(H,19,20,21,22);/q-1;+3. The normalized spacial score (nSPS) is 11.4. The molecule has 5 nitrogen and oxygen atoms in total. The summed E-state index contributed by atoms with van der Waals surface area (Å²) in [6.45, 7) is 8.43. The van der Waals surface area contributed by atoms with E-state index < -0.39 is 0 Å². The molecule has 0 spiro atoms. The Morgan fingerprint density at radius 2 is 2.00 bits per heavy atom. The molecule has 0 saturated carbocycles. The number of aryl methyl sites for hydroxylation is 1. The summed E-state index contributed by atoms with van der Waals surface area (Å²) in [5, 5.41) is 3.98. The Kier molecular flexibility index (Phi) is 8.96. The third-order valence-electron chi connectivity index (χ3n) is 3.27. The second-order valence-electron chi connectivity index (χ2n) is 5.55. The van der Waals surface area contributed by atoms with Crippen LogP contribution in [0.3, 0.4) is 0 Å². The molecule has 1 unspecified atom stereocenters. The van der Waals surface area contributed by atoms with Gasteiger partial charge in [-0.25, -0.2) is 4.98 Å². The minimum Gasteiger partial charge on any atom is -0.491 e. The molecule has 1 aromatic carbocycles. The molecule has 0 aliphatic rings. The molecule has 0 aliphatic heterocycles. The van der Waals surface area contributed by atoms with E-state index in [1.807, 2.05) is 39.0 Å². The molecular formula is C17H22ClN4OY+2. The number of hydrogen-bond donors (Lipinski definition) is 1. The molecule has 7 heteroatoms. The molecule has 1 aromatic heterocycles. The van der Waals surface area contributed by atoms with Crippen molar-refractivity contribution in [1.82, 2.24) is 15.0 Å². The summed E-state index contributed by atoms with van der Waals surface area (Å²) in [6, 6.07) is 7.48. The Labute approximate surface area is 173 Å². The minimum absolute atomic E-state index is 0. The van der Waals surface area contributed by atoms with Crippen molar-refractivity contribution in [2.24, 2.45) is 0 Å². The molecule has 1 heterocycles. The first kappa shape index (κ1) is 21.1. The quantitative estimate of drug-likeness (QED) is 0.682. The minimum atomic E-state index is 0. The van der Waals surface area contributed by atoms with Crippen molar-refractivity contribution in [1.29, 1.82) is 0 Å². The van der Waals surface area contributed by atoms with Crippen LogP contribution >= 0.6 is 11.6 Å². The van der Waals surface area contributed by atoms with Crippen LogP contribution in [-0.2, 0) is 32.7 Å². The maximum absolute atomic E-state index is 5.96. The Hall–Kier alpha value is -0.906. The van der Waals surface area contributed by atoms with Crippen LogP contribution in [0.4, 0.5) is 5.95 Å². The number of ether oxygens (including phenoxy) is 1. The van der Waals surface area contributed by atoms with Crippen molar-refractivity contribution in [3.05, 3.63) is 46.9 Å². The molecule has 2 aromatic rings. The topological polar surface area (TPSA) is 59.9 Å². The zero-order chi connectivity index (χ0) is 16.8. The van der Waals surface area contributed by atoms with Crippen molar-refractivity contribution >= 4 is 17.5 Å². The van der Waals surface area contributed by atoms with Gasteiger partial charge in [0.1, 0.15) is 18.2 Å². The number of nitrogens with one attached hydrogen (secondary N) is 1. The molecule has 1 N–H and O–H groups in total. The maximum atomic E-state index is 5.96. The average molecular weight is 423 g/mol. The van der Waals surface area contributed by atoms with Crippen molar-refractivity contribution in [2.75, 3.05) is 11.9 Å². The van der Waals surface area contributed by atoms with E-state index in [0.717, 1.165) is 18.1 Å². The summed E-state index contributed by atoms with van der Waals surface area (Å²) in [7, 11) is 0. The van der Waals surface area contributed by atoms with E-state index in [9.17, 15) is 0 Å². The van der Waals surface area contributed by atoms with E-state index >= 15 is 0 Å². The largest absolute Gasteiger partial charge is 3.00 e. The molecule has 0 aliphatic carbocycles. The number of hydrogen-bond acceptors (Lipinski definition) is 5. The number of benzene rings is 1. The molecule has 2 rings (SSSR count). The molecule has 0 bridgehead atoms. The number of halogens is 1. The van der Waals surface area contributed by atoms with Gasteiger partial charge in [-0.3, -0.25) is 4.98 Å². The van der Waals surface area contributed by atoms with Gasteiger partial charge in [-0.1, -0.05) is 24.6 Å². The van der Waals surface area contributed by atoms with Gasteiger partial charge in [0.25, 0.3) is 0 Å². The van der Waals surface area contributed by atoms with Gasteiger partial charge in [-0.2, -0.15) is 18.8 Å². The second kappa shape index (κ2) is 10.2. The third-order valence-corrected chi connectivity index (χ3v) is 3.50. The van der Waals surface area contributed by atoms with Gasteiger partial charge in [0.15, 0.2) is 0 Å². The summed E-state index contributed by atoms with van der Waals surface area (Å²) in [5.41, 5.74) is 0. The summed E-state index contributed by atoms with van der Waals surface area (Å²) in [6.07, 6.45) is 0.884. The number of anilines is 1. The fraction of sp³-hybridized carbons (Fsp3) is 0.412. The third kappa shape index (κ3) is 6.54. The second-order valence-corrected chi connectivity index (χ2v) is 5.98. The average Bonchev–Trinajstić information content (AvgIpc) is 2.51. The predicted octanol–water partition coefficient (Wildman–Crippen LogP) is 4.06. The zero-order valence-corrected chi connectivity index (χ0v) is 18.1. The van der Waals surface area contributed by atoms with Crippen LogP contribution in [0.15, 0.2) is 24.3 Å². The zero-order valence-electron chi connectivity index (χ0n) is 14.5. The monoisotopic (exact) mass is 422 g/mol. The molecule has 124 valence electrons. The molecule has 0 saturated heterocycles. The number of rotatable bonds is 7. The van der Waals surface area contributed by atoms with Crippen LogP contribution in [0.5, 0.6) is 5.75 Å². The van der Waals surface area contributed by atoms with Crippen molar-refractivity contribution in [2.45, 2.75) is 40.2 Å². The summed E-state index contributed by atoms with van der Waals surface area (Å²) in [4.78, 5) is 13.1. The van der Waals surface area contributed by atoms with Gasteiger partial charge < -0.3 is 16.0 Å². The maximum Gasteiger partial charge on any atom is 3.00 e. The fourth-order valence-corrected chi connectivity index (χ4v) is 2.15. The summed E-state index contributed by atoms with van der Waals surface area (Å²) in [5.74, 6) is 3.80. The van der Waals surface area contributed by atoms with Crippen LogP contribution in [0, 0.1) is 12.8 Å². The predicted molar refractivity (Wildman–Crippen MR) is 92.9 cm³/mol. The Morgan fingerprint density at radius 1 is 1.25 bits per heavy atom. The summed E-state index contributed by atoms with van der Waals surface area (Å²) >= 11 is 5.96. The van der Waals surface area contributed by atoms with E-state index in [1.54, 1.807) is 6.07 Å². The molecule has 0 radical (unpaired) electrons. The molecular weight excluding hydrogens is 401 g/mol. The van der Waals surface area contributed by atoms with Crippen molar-refractivity contribution in [3.63, 3.8) is 0 Å². The Bertz CT molecular complexity index is 654. The van der Waals surface area contributed by atoms with Gasteiger partial charge in [0.2, 0.25) is 5.95 Å². The summed E-state index contributed by atoms with van der Waals surface area (Å²) < 4.78 is 5.80. The van der Waals surface area contributed by atoms with E-state index in [2.05, 4.69) is 27.2 Å². The van der Waals surface area contributed by atoms with Crippen LogP contribution in [0.1, 0.15) is 38.8 Å². The van der Waals surface area contributed by atoms with Gasteiger partial charge in [-0.05, 0) is 31.5 Å². The van der Waals surface area contributed by atoms with Gasteiger partial charge in [0.05, 0.1) is 6.04 Å². The number of nitrogens with zero attached hydrogens (tertiary/aromatic N) is 3. The Morgan fingerprint density at radius 3 is 2.62 bits per heavy atom. The van der Waals surface area contributed by atoms with Gasteiger partial charge in [-0.15, -0.1) is 0 Å². The van der Waals surface area contributed by atoms with Crippen LogP contribution in [0.25, 0.3) is 0 Å². The molecule has 24 heavy (non-hydrogen) atoms. The molecule has 1 atom stereocenters. The first-order chi connectivity index (χ1) is 11.0. The van der Waals surface area contributed by atoms with E-state index in [0.29, 0.717) is 29.2 Å². The van der Waals surface area contributed by atoms with E-state index in [-0.39, 0.29) is 38.8 Å². The van der Waals surface area contributed by atoms with Crippen molar-refractivity contribution < 1.29 is 37.4 Å². The first-order valence-corrected chi connectivity index (χ1v) is 8.04. The van der Waals surface area contributed by atoms with Crippen LogP contribution in [-0.4, -0.2) is 27.6 Å². The van der Waals surface area contributed by atoms with Crippen molar-refractivity contribution in [3.8, 4) is 5.75 Å². The molecule has 0 fully saturated rings. The smallest absolute Gasteiger partial charge is 0.491 e. The van der Waals surface area contributed by atoms with Crippen LogP contribution < -0.4 is 10.1 Å².